The number of carbonyl (C=O) groups is 1. The molecule has 0 bridgehead atoms. The molecular formula is C19H18N2O2. The van der Waals surface area contributed by atoms with Crippen LogP contribution in [0.15, 0.2) is 60.8 Å². The average molecular weight is 306 g/mol. The molecule has 116 valence electrons. The van der Waals surface area contributed by atoms with Gasteiger partial charge in [0.25, 0.3) is 0 Å². The third kappa shape index (κ3) is 3.86. The number of nitrogens with zero attached hydrogens (tertiary/aromatic N) is 1. The van der Waals surface area contributed by atoms with Crippen molar-refractivity contribution in [3.8, 4) is 5.88 Å². The summed E-state index contributed by atoms with van der Waals surface area (Å²) in [6.07, 6.45) is 2.07. The standard InChI is InChI=1S/C19H18N2O2/c1-23-19-9-7-15(13-21-19)12-20-18(22)11-14-6-8-16-4-2-3-5-17(16)10-14/h2-10,13H,11-12H2,1H3,(H,20,22). The third-order valence-electron chi connectivity index (χ3n) is 3.67. The highest BCUT2D eigenvalue weighted by Gasteiger charge is 2.05. The van der Waals surface area contributed by atoms with Gasteiger partial charge in [0.1, 0.15) is 0 Å². The molecule has 0 aliphatic rings. The molecule has 4 heteroatoms. The van der Waals surface area contributed by atoms with Crippen molar-refractivity contribution in [1.82, 2.24) is 10.3 Å². The van der Waals surface area contributed by atoms with Crippen molar-refractivity contribution < 1.29 is 9.53 Å². The van der Waals surface area contributed by atoms with E-state index in [2.05, 4.69) is 28.5 Å². The summed E-state index contributed by atoms with van der Waals surface area (Å²) < 4.78 is 5.01. The Kier molecular flexibility index (Phi) is 4.52. The molecule has 0 radical (unpaired) electrons. The second-order valence-electron chi connectivity index (χ2n) is 5.34. The first kappa shape index (κ1) is 15.0. The number of aromatic nitrogens is 1. The largest absolute Gasteiger partial charge is 0.481 e. The average Bonchev–Trinajstić information content (AvgIpc) is 2.60. The number of nitrogens with one attached hydrogen (secondary N) is 1. The predicted octanol–water partition coefficient (Wildman–Crippen LogP) is 3.10. The number of hydrogen-bond donors (Lipinski definition) is 1. The van der Waals surface area contributed by atoms with E-state index < -0.39 is 0 Å². The van der Waals surface area contributed by atoms with Crippen molar-refractivity contribution in [1.29, 1.82) is 0 Å². The van der Waals surface area contributed by atoms with Crippen LogP contribution in [0.1, 0.15) is 11.1 Å². The molecule has 3 aromatic rings. The van der Waals surface area contributed by atoms with Crippen molar-refractivity contribution >= 4 is 16.7 Å². The van der Waals surface area contributed by atoms with Crippen LogP contribution in [0.25, 0.3) is 10.8 Å². The van der Waals surface area contributed by atoms with E-state index in [0.29, 0.717) is 18.8 Å². The first-order valence-electron chi connectivity index (χ1n) is 7.48. The molecule has 2 aromatic carbocycles. The SMILES string of the molecule is COc1ccc(CNC(=O)Cc2ccc3ccccc3c2)cn1. The molecule has 0 aliphatic carbocycles. The molecule has 0 aliphatic heterocycles. The van der Waals surface area contributed by atoms with Crippen LogP contribution in [-0.4, -0.2) is 18.0 Å². The summed E-state index contributed by atoms with van der Waals surface area (Å²) in [6, 6.07) is 17.9. The molecule has 0 atom stereocenters. The molecule has 0 saturated heterocycles. The first-order valence-corrected chi connectivity index (χ1v) is 7.48. The number of carbonyl (C=O) groups excluding carboxylic acids is 1. The highest BCUT2D eigenvalue weighted by Crippen LogP contribution is 2.16. The summed E-state index contributed by atoms with van der Waals surface area (Å²) in [7, 11) is 1.58. The number of ether oxygens (including phenoxy) is 1. The molecule has 0 fully saturated rings. The van der Waals surface area contributed by atoms with Crippen LogP contribution in [-0.2, 0) is 17.8 Å². The Morgan fingerprint density at radius 2 is 1.83 bits per heavy atom. The molecule has 1 amide bonds. The van der Waals surface area contributed by atoms with E-state index in [4.69, 9.17) is 4.74 Å². The quantitative estimate of drug-likeness (QED) is 0.788. The van der Waals surface area contributed by atoms with Gasteiger partial charge in [-0.25, -0.2) is 4.98 Å². The van der Waals surface area contributed by atoms with Crippen LogP contribution >= 0.6 is 0 Å². The van der Waals surface area contributed by atoms with E-state index in [1.807, 2.05) is 30.3 Å². The van der Waals surface area contributed by atoms with Crippen molar-refractivity contribution in [2.24, 2.45) is 0 Å². The minimum absolute atomic E-state index is 0.00361. The summed E-state index contributed by atoms with van der Waals surface area (Å²) in [4.78, 5) is 16.2. The Morgan fingerprint density at radius 1 is 1.04 bits per heavy atom. The summed E-state index contributed by atoms with van der Waals surface area (Å²) in [5, 5.41) is 5.24. The number of amides is 1. The van der Waals surface area contributed by atoms with Crippen molar-refractivity contribution in [2.75, 3.05) is 7.11 Å². The fourth-order valence-electron chi connectivity index (χ4n) is 2.43. The summed E-state index contributed by atoms with van der Waals surface area (Å²) in [5.74, 6) is 0.562. The zero-order chi connectivity index (χ0) is 16.1. The molecule has 0 saturated carbocycles. The highest BCUT2D eigenvalue weighted by molar-refractivity contribution is 5.85. The van der Waals surface area contributed by atoms with E-state index in [9.17, 15) is 4.79 Å². The maximum atomic E-state index is 12.1. The number of pyridine rings is 1. The van der Waals surface area contributed by atoms with Gasteiger partial charge in [0, 0.05) is 18.8 Å². The van der Waals surface area contributed by atoms with Crippen LogP contribution in [0.2, 0.25) is 0 Å². The van der Waals surface area contributed by atoms with E-state index in [1.54, 1.807) is 19.4 Å². The fourth-order valence-corrected chi connectivity index (χ4v) is 2.43. The van der Waals surface area contributed by atoms with Gasteiger partial charge in [-0.15, -0.1) is 0 Å². The minimum atomic E-state index is -0.00361. The summed E-state index contributed by atoms with van der Waals surface area (Å²) >= 11 is 0. The summed E-state index contributed by atoms with van der Waals surface area (Å²) in [6.45, 7) is 0.462. The molecule has 1 N–H and O–H groups in total. The maximum Gasteiger partial charge on any atom is 0.224 e. The lowest BCUT2D eigenvalue weighted by Gasteiger charge is -2.07. The molecule has 23 heavy (non-hydrogen) atoms. The molecule has 0 unspecified atom stereocenters. The Bertz CT molecular complexity index is 813. The number of benzene rings is 2. The van der Waals surface area contributed by atoms with E-state index >= 15 is 0 Å². The van der Waals surface area contributed by atoms with Crippen LogP contribution in [0.5, 0.6) is 5.88 Å². The summed E-state index contributed by atoms with van der Waals surface area (Å²) in [5.41, 5.74) is 1.95. The minimum Gasteiger partial charge on any atom is -0.481 e. The zero-order valence-electron chi connectivity index (χ0n) is 13.0. The lowest BCUT2D eigenvalue weighted by atomic mass is 10.0. The van der Waals surface area contributed by atoms with Gasteiger partial charge < -0.3 is 10.1 Å². The van der Waals surface area contributed by atoms with Crippen LogP contribution in [0.4, 0.5) is 0 Å². The van der Waals surface area contributed by atoms with Crippen molar-refractivity contribution in [3.05, 3.63) is 71.9 Å². The van der Waals surface area contributed by atoms with Crippen molar-refractivity contribution in [2.45, 2.75) is 13.0 Å². The van der Waals surface area contributed by atoms with Crippen molar-refractivity contribution in [3.63, 3.8) is 0 Å². The van der Waals surface area contributed by atoms with Gasteiger partial charge in [0.2, 0.25) is 11.8 Å². The third-order valence-corrected chi connectivity index (χ3v) is 3.67. The molecule has 3 rings (SSSR count). The lowest BCUT2D eigenvalue weighted by Crippen LogP contribution is -2.24. The normalized spacial score (nSPS) is 10.5. The molecule has 4 nitrogen and oxygen atoms in total. The van der Waals surface area contributed by atoms with Gasteiger partial charge in [0.05, 0.1) is 13.5 Å². The maximum absolute atomic E-state index is 12.1. The van der Waals surface area contributed by atoms with Gasteiger partial charge in [-0.05, 0) is 21.9 Å². The van der Waals surface area contributed by atoms with Gasteiger partial charge in [-0.1, -0.05) is 48.5 Å². The molecule has 0 spiro atoms. The van der Waals surface area contributed by atoms with Crippen LogP contribution in [0, 0.1) is 0 Å². The predicted molar refractivity (Wildman–Crippen MR) is 90.3 cm³/mol. The van der Waals surface area contributed by atoms with Gasteiger partial charge >= 0.3 is 0 Å². The van der Waals surface area contributed by atoms with Gasteiger partial charge in [0.15, 0.2) is 0 Å². The lowest BCUT2D eigenvalue weighted by molar-refractivity contribution is -0.120. The molecular weight excluding hydrogens is 288 g/mol. The Balaban J connectivity index is 1.59. The molecule has 1 heterocycles. The van der Waals surface area contributed by atoms with E-state index in [1.165, 1.54) is 5.39 Å². The number of methoxy groups -OCH3 is 1. The van der Waals surface area contributed by atoms with E-state index in [-0.39, 0.29) is 5.91 Å². The topological polar surface area (TPSA) is 51.2 Å². The Morgan fingerprint density at radius 3 is 2.57 bits per heavy atom. The second-order valence-corrected chi connectivity index (χ2v) is 5.34. The monoisotopic (exact) mass is 306 g/mol. The second kappa shape index (κ2) is 6.92. The Labute approximate surface area is 135 Å². The number of rotatable bonds is 5. The first-order chi connectivity index (χ1) is 11.2. The zero-order valence-corrected chi connectivity index (χ0v) is 13.0. The highest BCUT2D eigenvalue weighted by atomic mass is 16.5. The van der Waals surface area contributed by atoms with Crippen LogP contribution < -0.4 is 10.1 Å². The van der Waals surface area contributed by atoms with E-state index in [0.717, 1.165) is 16.5 Å². The van der Waals surface area contributed by atoms with Gasteiger partial charge in [-0.2, -0.15) is 0 Å². The van der Waals surface area contributed by atoms with Crippen LogP contribution in [0.3, 0.4) is 0 Å². The number of hydrogen-bond acceptors (Lipinski definition) is 3. The fraction of sp³-hybridized carbons (Fsp3) is 0.158. The molecule has 1 aromatic heterocycles. The smallest absolute Gasteiger partial charge is 0.224 e. The van der Waals surface area contributed by atoms with Gasteiger partial charge in [-0.3, -0.25) is 4.79 Å². The Hall–Kier alpha value is -2.88. The number of fused-ring (bicyclic) bond motifs is 1.